The molecule has 1 heterocycles. The Morgan fingerprint density at radius 1 is 1.11 bits per heavy atom. The Balaban J connectivity index is 1.87. The van der Waals surface area contributed by atoms with E-state index < -0.39 is 21.0 Å². The summed E-state index contributed by atoms with van der Waals surface area (Å²) in [6.45, 7) is 1.86. The molecule has 0 atom stereocenters. The molecule has 2 aromatic carbocycles. The number of hydrogen-bond donors (Lipinski definition) is 0. The van der Waals surface area contributed by atoms with Crippen molar-refractivity contribution in [3.8, 4) is 5.75 Å². The molecular weight excluding hydrogens is 423 g/mol. The molecule has 144 valence electrons. The number of aromatic nitrogens is 2. The molecule has 0 aliphatic carbocycles. The number of ether oxygens (including phenoxy) is 1. The fourth-order valence-electron chi connectivity index (χ4n) is 2.39. The van der Waals surface area contributed by atoms with Crippen LogP contribution in [0.1, 0.15) is 21.6 Å². The van der Waals surface area contributed by atoms with Gasteiger partial charge in [-0.25, -0.2) is 23.2 Å². The summed E-state index contributed by atoms with van der Waals surface area (Å²) in [6.07, 6.45) is 1.07. The van der Waals surface area contributed by atoms with Gasteiger partial charge in [0.15, 0.2) is 5.69 Å². The Morgan fingerprint density at radius 2 is 1.82 bits per heavy atom. The SMILES string of the molecule is Cc1cccc(CS(=O)(=O)c2ncc(Cl)c(C(=O)Oc3ccc(Cl)cc3)n2)c1. The molecule has 6 nitrogen and oxygen atoms in total. The highest BCUT2D eigenvalue weighted by Gasteiger charge is 2.24. The van der Waals surface area contributed by atoms with E-state index >= 15 is 0 Å². The van der Waals surface area contributed by atoms with E-state index in [1.807, 2.05) is 13.0 Å². The lowest BCUT2D eigenvalue weighted by atomic mass is 10.2. The van der Waals surface area contributed by atoms with Gasteiger partial charge in [-0.05, 0) is 36.8 Å². The molecule has 1 aromatic heterocycles. The normalized spacial score (nSPS) is 11.2. The van der Waals surface area contributed by atoms with Gasteiger partial charge < -0.3 is 4.74 Å². The minimum Gasteiger partial charge on any atom is -0.422 e. The topological polar surface area (TPSA) is 86.2 Å². The van der Waals surface area contributed by atoms with Crippen LogP contribution in [0.4, 0.5) is 0 Å². The van der Waals surface area contributed by atoms with Gasteiger partial charge in [-0.15, -0.1) is 0 Å². The highest BCUT2D eigenvalue weighted by molar-refractivity contribution is 7.90. The molecule has 0 saturated heterocycles. The predicted molar refractivity (Wildman–Crippen MR) is 106 cm³/mol. The van der Waals surface area contributed by atoms with E-state index in [0.717, 1.165) is 11.8 Å². The Labute approximate surface area is 172 Å². The number of carbonyl (C=O) groups excluding carboxylic acids is 1. The summed E-state index contributed by atoms with van der Waals surface area (Å²) in [6, 6.07) is 13.1. The van der Waals surface area contributed by atoms with Crippen LogP contribution in [0.2, 0.25) is 10.0 Å². The van der Waals surface area contributed by atoms with Crippen LogP contribution in [-0.4, -0.2) is 24.4 Å². The fraction of sp³-hybridized carbons (Fsp3) is 0.105. The van der Waals surface area contributed by atoms with E-state index in [2.05, 4.69) is 9.97 Å². The van der Waals surface area contributed by atoms with Gasteiger partial charge in [0.05, 0.1) is 17.0 Å². The number of hydrogen-bond acceptors (Lipinski definition) is 6. The Morgan fingerprint density at radius 3 is 2.50 bits per heavy atom. The van der Waals surface area contributed by atoms with Crippen molar-refractivity contribution >= 4 is 39.0 Å². The number of benzene rings is 2. The van der Waals surface area contributed by atoms with Crippen LogP contribution in [0.15, 0.2) is 59.9 Å². The van der Waals surface area contributed by atoms with Crippen LogP contribution < -0.4 is 4.74 Å². The number of nitrogens with zero attached hydrogens (tertiary/aromatic N) is 2. The standard InChI is InChI=1S/C19H14Cl2N2O4S/c1-12-3-2-4-13(9-12)11-28(25,26)19-22-10-16(21)17(23-19)18(24)27-15-7-5-14(20)6-8-15/h2-10H,11H2,1H3. The highest BCUT2D eigenvalue weighted by Crippen LogP contribution is 2.21. The Bertz CT molecular complexity index is 1130. The summed E-state index contributed by atoms with van der Waals surface area (Å²) in [7, 11) is -3.89. The lowest BCUT2D eigenvalue weighted by Gasteiger charge is -2.08. The largest absolute Gasteiger partial charge is 0.422 e. The van der Waals surface area contributed by atoms with E-state index in [9.17, 15) is 13.2 Å². The van der Waals surface area contributed by atoms with Crippen LogP contribution in [0.25, 0.3) is 0 Å². The Kier molecular flexibility index (Phi) is 5.98. The summed E-state index contributed by atoms with van der Waals surface area (Å²) in [5, 5.41) is -0.140. The summed E-state index contributed by atoms with van der Waals surface area (Å²) < 4.78 is 30.5. The number of halogens is 2. The van der Waals surface area contributed by atoms with Crippen molar-refractivity contribution in [2.24, 2.45) is 0 Å². The second-order valence-electron chi connectivity index (χ2n) is 5.94. The molecule has 0 aliphatic heterocycles. The molecule has 0 saturated carbocycles. The number of esters is 1. The van der Waals surface area contributed by atoms with Gasteiger partial charge in [0.1, 0.15) is 5.75 Å². The highest BCUT2D eigenvalue weighted by atomic mass is 35.5. The zero-order chi connectivity index (χ0) is 20.3. The summed E-state index contributed by atoms with van der Waals surface area (Å²) >= 11 is 11.8. The molecule has 0 unspecified atom stereocenters. The van der Waals surface area contributed by atoms with Crippen LogP contribution in [-0.2, 0) is 15.6 Å². The quantitative estimate of drug-likeness (QED) is 0.336. The molecule has 3 rings (SSSR count). The average Bonchev–Trinajstić information content (AvgIpc) is 2.63. The number of sulfone groups is 1. The fourth-order valence-corrected chi connectivity index (χ4v) is 3.87. The number of aryl methyl sites for hydroxylation is 1. The molecule has 0 spiro atoms. The van der Waals surface area contributed by atoms with Crippen LogP contribution in [0.3, 0.4) is 0 Å². The first kappa shape index (κ1) is 20.3. The molecule has 3 aromatic rings. The second kappa shape index (κ2) is 8.26. The van der Waals surface area contributed by atoms with Gasteiger partial charge in [-0.3, -0.25) is 0 Å². The van der Waals surface area contributed by atoms with Crippen LogP contribution in [0.5, 0.6) is 5.75 Å². The monoisotopic (exact) mass is 436 g/mol. The number of rotatable bonds is 5. The summed E-state index contributed by atoms with van der Waals surface area (Å²) in [4.78, 5) is 20.0. The molecule has 28 heavy (non-hydrogen) atoms. The molecule has 0 radical (unpaired) electrons. The molecule has 0 fully saturated rings. The van der Waals surface area contributed by atoms with Crippen molar-refractivity contribution < 1.29 is 17.9 Å². The van der Waals surface area contributed by atoms with Crippen molar-refractivity contribution in [2.45, 2.75) is 17.8 Å². The molecule has 0 aliphatic rings. The maximum Gasteiger partial charge on any atom is 0.364 e. The first-order chi connectivity index (χ1) is 13.2. The molecule has 0 bridgehead atoms. The maximum atomic E-state index is 12.7. The zero-order valence-electron chi connectivity index (χ0n) is 14.6. The summed E-state index contributed by atoms with van der Waals surface area (Å²) in [5.41, 5.74) is 1.18. The van der Waals surface area contributed by atoms with Gasteiger partial charge in [-0.1, -0.05) is 53.0 Å². The van der Waals surface area contributed by atoms with Crippen molar-refractivity contribution in [3.05, 3.63) is 81.6 Å². The smallest absolute Gasteiger partial charge is 0.364 e. The lowest BCUT2D eigenvalue weighted by molar-refractivity contribution is 0.0727. The minimum absolute atomic E-state index is 0.117. The molecular formula is C19H14Cl2N2O4S. The Hall–Kier alpha value is -2.48. The first-order valence-electron chi connectivity index (χ1n) is 8.03. The third-order valence-corrected chi connectivity index (χ3v) is 5.65. The maximum absolute atomic E-state index is 12.7. The molecule has 9 heteroatoms. The number of carbonyl (C=O) groups is 1. The minimum atomic E-state index is -3.89. The van der Waals surface area contributed by atoms with E-state index in [4.69, 9.17) is 27.9 Å². The van der Waals surface area contributed by atoms with Gasteiger partial charge in [0.2, 0.25) is 15.0 Å². The van der Waals surface area contributed by atoms with Gasteiger partial charge >= 0.3 is 5.97 Å². The van der Waals surface area contributed by atoms with Crippen molar-refractivity contribution in [1.82, 2.24) is 9.97 Å². The van der Waals surface area contributed by atoms with E-state index in [0.29, 0.717) is 10.6 Å². The van der Waals surface area contributed by atoms with Crippen molar-refractivity contribution in [2.75, 3.05) is 0 Å². The van der Waals surface area contributed by atoms with Gasteiger partial charge in [-0.2, -0.15) is 0 Å². The lowest BCUT2D eigenvalue weighted by Crippen LogP contribution is -2.16. The van der Waals surface area contributed by atoms with Crippen LogP contribution in [0, 0.1) is 6.92 Å². The first-order valence-corrected chi connectivity index (χ1v) is 10.4. The van der Waals surface area contributed by atoms with E-state index in [1.165, 1.54) is 12.1 Å². The third kappa shape index (κ3) is 4.86. The second-order valence-corrected chi connectivity index (χ2v) is 8.67. The van der Waals surface area contributed by atoms with Crippen molar-refractivity contribution in [3.63, 3.8) is 0 Å². The predicted octanol–water partition coefficient (Wildman–Crippen LogP) is 4.28. The van der Waals surface area contributed by atoms with E-state index in [1.54, 1.807) is 30.3 Å². The van der Waals surface area contributed by atoms with Gasteiger partial charge in [0.25, 0.3) is 0 Å². The zero-order valence-corrected chi connectivity index (χ0v) is 16.9. The van der Waals surface area contributed by atoms with Gasteiger partial charge in [0, 0.05) is 5.02 Å². The third-order valence-electron chi connectivity index (χ3n) is 3.66. The summed E-state index contributed by atoms with van der Waals surface area (Å²) in [5.74, 6) is -0.989. The molecule has 0 N–H and O–H groups in total. The van der Waals surface area contributed by atoms with Crippen LogP contribution >= 0.6 is 23.2 Å². The average molecular weight is 437 g/mol. The van der Waals surface area contributed by atoms with Crippen molar-refractivity contribution in [1.29, 1.82) is 0 Å². The molecule has 0 amide bonds. The van der Waals surface area contributed by atoms with E-state index in [-0.39, 0.29) is 22.2 Å².